The molecule has 2 rings (SSSR count). The Labute approximate surface area is 92.5 Å². The summed E-state index contributed by atoms with van der Waals surface area (Å²) < 4.78 is 1.17. The average molecular weight is 226 g/mol. The standard InChI is InChI=1S/C11H12ClNS/c1-7(13)5-8-6-14-11-9(8)3-2-4-10(11)12/h2-4,6-7H,5,13H2,1H3. The zero-order valence-electron chi connectivity index (χ0n) is 7.96. The fourth-order valence-corrected chi connectivity index (χ4v) is 2.88. The zero-order valence-corrected chi connectivity index (χ0v) is 9.53. The van der Waals surface area contributed by atoms with Crippen LogP contribution in [0.15, 0.2) is 23.6 Å². The van der Waals surface area contributed by atoms with Gasteiger partial charge in [-0.25, -0.2) is 0 Å². The summed E-state index contributed by atoms with van der Waals surface area (Å²) in [5.74, 6) is 0. The van der Waals surface area contributed by atoms with Crippen molar-refractivity contribution < 1.29 is 0 Å². The molecule has 1 aromatic carbocycles. The zero-order chi connectivity index (χ0) is 10.1. The molecule has 14 heavy (non-hydrogen) atoms. The first-order valence-electron chi connectivity index (χ1n) is 4.58. The number of hydrogen-bond acceptors (Lipinski definition) is 2. The van der Waals surface area contributed by atoms with Crippen molar-refractivity contribution in [3.8, 4) is 0 Å². The van der Waals surface area contributed by atoms with Crippen molar-refractivity contribution >= 4 is 33.0 Å². The van der Waals surface area contributed by atoms with Gasteiger partial charge in [0, 0.05) is 6.04 Å². The second kappa shape index (κ2) is 3.89. The Balaban J connectivity index is 2.52. The summed E-state index contributed by atoms with van der Waals surface area (Å²) >= 11 is 7.78. The van der Waals surface area contributed by atoms with Gasteiger partial charge in [0.1, 0.15) is 0 Å². The lowest BCUT2D eigenvalue weighted by atomic mass is 10.1. The molecule has 0 aliphatic carbocycles. The van der Waals surface area contributed by atoms with Gasteiger partial charge in [-0.3, -0.25) is 0 Å². The van der Waals surface area contributed by atoms with Crippen molar-refractivity contribution in [1.29, 1.82) is 0 Å². The van der Waals surface area contributed by atoms with Gasteiger partial charge in [-0.1, -0.05) is 23.7 Å². The predicted octanol–water partition coefficient (Wildman–Crippen LogP) is 3.44. The fourth-order valence-electron chi connectivity index (χ4n) is 1.58. The van der Waals surface area contributed by atoms with Gasteiger partial charge in [-0.05, 0) is 35.7 Å². The minimum Gasteiger partial charge on any atom is -0.328 e. The molecule has 0 spiro atoms. The van der Waals surface area contributed by atoms with Crippen LogP contribution in [-0.4, -0.2) is 6.04 Å². The van der Waals surface area contributed by atoms with Crippen molar-refractivity contribution in [3.05, 3.63) is 34.2 Å². The number of hydrogen-bond donors (Lipinski definition) is 1. The first-order chi connectivity index (χ1) is 6.68. The van der Waals surface area contributed by atoms with E-state index in [2.05, 4.69) is 11.4 Å². The van der Waals surface area contributed by atoms with E-state index in [9.17, 15) is 0 Å². The van der Waals surface area contributed by atoms with Crippen LogP contribution in [0.3, 0.4) is 0 Å². The second-order valence-electron chi connectivity index (χ2n) is 3.56. The fraction of sp³-hybridized carbons (Fsp3) is 0.273. The second-order valence-corrected chi connectivity index (χ2v) is 4.85. The monoisotopic (exact) mass is 225 g/mol. The lowest BCUT2D eigenvalue weighted by Gasteiger charge is -2.03. The molecule has 74 valence electrons. The van der Waals surface area contributed by atoms with Gasteiger partial charge in [-0.15, -0.1) is 11.3 Å². The van der Waals surface area contributed by atoms with E-state index >= 15 is 0 Å². The molecule has 0 aliphatic rings. The topological polar surface area (TPSA) is 26.0 Å². The lowest BCUT2D eigenvalue weighted by molar-refractivity contribution is 0.743. The van der Waals surface area contributed by atoms with E-state index in [4.69, 9.17) is 17.3 Å². The van der Waals surface area contributed by atoms with Crippen LogP contribution in [0.25, 0.3) is 10.1 Å². The molecule has 0 bridgehead atoms. The lowest BCUT2D eigenvalue weighted by Crippen LogP contribution is -2.17. The molecule has 1 aromatic heterocycles. The minimum absolute atomic E-state index is 0.201. The number of benzene rings is 1. The molecule has 1 heterocycles. The van der Waals surface area contributed by atoms with Crippen LogP contribution in [0.4, 0.5) is 0 Å². The summed E-state index contributed by atoms with van der Waals surface area (Å²) in [6.45, 7) is 2.02. The Kier molecular flexibility index (Phi) is 2.77. The Morgan fingerprint density at radius 2 is 2.29 bits per heavy atom. The summed E-state index contributed by atoms with van der Waals surface area (Å²) in [7, 11) is 0. The Hall–Kier alpha value is -0.570. The highest BCUT2D eigenvalue weighted by Crippen LogP contribution is 2.32. The Morgan fingerprint density at radius 1 is 1.50 bits per heavy atom. The number of halogens is 1. The van der Waals surface area contributed by atoms with Crippen molar-refractivity contribution in [2.24, 2.45) is 5.73 Å². The first-order valence-corrected chi connectivity index (χ1v) is 5.84. The molecular weight excluding hydrogens is 214 g/mol. The molecule has 3 heteroatoms. The third-order valence-corrected chi connectivity index (χ3v) is 3.68. The van der Waals surface area contributed by atoms with E-state index in [-0.39, 0.29) is 6.04 Å². The van der Waals surface area contributed by atoms with E-state index in [1.165, 1.54) is 15.6 Å². The van der Waals surface area contributed by atoms with Crippen LogP contribution in [0, 0.1) is 0 Å². The minimum atomic E-state index is 0.201. The maximum absolute atomic E-state index is 6.09. The molecule has 1 atom stereocenters. The smallest absolute Gasteiger partial charge is 0.0584 e. The molecule has 2 aromatic rings. The summed E-state index contributed by atoms with van der Waals surface area (Å²) in [6, 6.07) is 6.22. The van der Waals surface area contributed by atoms with Crippen LogP contribution < -0.4 is 5.73 Å². The largest absolute Gasteiger partial charge is 0.328 e. The summed E-state index contributed by atoms with van der Waals surface area (Å²) in [5, 5.41) is 4.24. The molecule has 0 radical (unpaired) electrons. The number of fused-ring (bicyclic) bond motifs is 1. The van der Waals surface area contributed by atoms with Crippen LogP contribution in [-0.2, 0) is 6.42 Å². The quantitative estimate of drug-likeness (QED) is 0.833. The third kappa shape index (κ3) is 1.78. The third-order valence-electron chi connectivity index (χ3n) is 2.17. The average Bonchev–Trinajstić information content (AvgIpc) is 2.49. The molecule has 1 nitrogen and oxygen atoms in total. The molecule has 0 amide bonds. The van der Waals surface area contributed by atoms with Gasteiger partial charge in [0.15, 0.2) is 0 Å². The SMILES string of the molecule is CC(N)Cc1csc2c(Cl)cccc12. The summed E-state index contributed by atoms with van der Waals surface area (Å²) in [5.41, 5.74) is 7.09. The van der Waals surface area contributed by atoms with Crippen molar-refractivity contribution in [2.45, 2.75) is 19.4 Å². The molecule has 2 N–H and O–H groups in total. The highest BCUT2D eigenvalue weighted by atomic mass is 35.5. The molecule has 0 saturated carbocycles. The normalized spacial score (nSPS) is 13.4. The van der Waals surface area contributed by atoms with Crippen molar-refractivity contribution in [1.82, 2.24) is 0 Å². The molecule has 0 aliphatic heterocycles. The van der Waals surface area contributed by atoms with Gasteiger partial charge in [0.05, 0.1) is 9.72 Å². The van der Waals surface area contributed by atoms with Crippen molar-refractivity contribution in [2.75, 3.05) is 0 Å². The molecule has 0 saturated heterocycles. The first kappa shape index (κ1) is 9.97. The Morgan fingerprint density at radius 3 is 3.00 bits per heavy atom. The van der Waals surface area contributed by atoms with E-state index in [0.29, 0.717) is 0 Å². The number of rotatable bonds is 2. The highest BCUT2D eigenvalue weighted by Gasteiger charge is 2.07. The maximum Gasteiger partial charge on any atom is 0.0584 e. The maximum atomic E-state index is 6.09. The van der Waals surface area contributed by atoms with Crippen LogP contribution in [0.1, 0.15) is 12.5 Å². The predicted molar refractivity (Wildman–Crippen MR) is 64.2 cm³/mol. The molecule has 0 fully saturated rings. The van der Waals surface area contributed by atoms with Crippen LogP contribution >= 0.6 is 22.9 Å². The van der Waals surface area contributed by atoms with Gasteiger partial charge in [0.2, 0.25) is 0 Å². The number of nitrogens with two attached hydrogens (primary N) is 1. The van der Waals surface area contributed by atoms with E-state index in [1.54, 1.807) is 11.3 Å². The van der Waals surface area contributed by atoms with Gasteiger partial charge in [-0.2, -0.15) is 0 Å². The van der Waals surface area contributed by atoms with Crippen LogP contribution in [0.5, 0.6) is 0 Å². The van der Waals surface area contributed by atoms with Crippen LogP contribution in [0.2, 0.25) is 5.02 Å². The summed E-state index contributed by atoms with van der Waals surface area (Å²) in [4.78, 5) is 0. The van der Waals surface area contributed by atoms with Gasteiger partial charge in [0.25, 0.3) is 0 Å². The highest BCUT2D eigenvalue weighted by molar-refractivity contribution is 7.18. The molecular formula is C11H12ClNS. The summed E-state index contributed by atoms with van der Waals surface area (Å²) in [6.07, 6.45) is 0.917. The van der Waals surface area contributed by atoms with E-state index in [1.807, 2.05) is 19.1 Å². The Bertz CT molecular complexity index is 447. The van der Waals surface area contributed by atoms with Crippen molar-refractivity contribution in [3.63, 3.8) is 0 Å². The molecule has 1 unspecified atom stereocenters. The van der Waals surface area contributed by atoms with Gasteiger partial charge >= 0.3 is 0 Å². The van der Waals surface area contributed by atoms with E-state index < -0.39 is 0 Å². The number of thiophene rings is 1. The van der Waals surface area contributed by atoms with Gasteiger partial charge < -0.3 is 5.73 Å². The van der Waals surface area contributed by atoms with E-state index in [0.717, 1.165) is 11.4 Å².